The Bertz CT molecular complexity index is 226. The molecular weight excluding hydrogens is 361 g/mol. The van der Waals surface area contributed by atoms with Crippen molar-refractivity contribution in [2.75, 3.05) is 13.1 Å². The van der Waals surface area contributed by atoms with Crippen molar-refractivity contribution in [2.45, 2.75) is 34.0 Å². The molecule has 1 unspecified atom stereocenters. The van der Waals surface area contributed by atoms with Gasteiger partial charge in [-0.3, -0.25) is 14.4 Å². The molecule has 0 fully saturated rings. The van der Waals surface area contributed by atoms with E-state index in [2.05, 4.69) is 4.74 Å². The van der Waals surface area contributed by atoms with Gasteiger partial charge in [-0.15, -0.1) is 0 Å². The number of carbonyl (C=O) groups is 3. The molecule has 0 saturated heterocycles. The van der Waals surface area contributed by atoms with Gasteiger partial charge in [-0.05, 0) is 6.92 Å². The van der Waals surface area contributed by atoms with E-state index in [9.17, 15) is 4.79 Å². The van der Waals surface area contributed by atoms with Crippen LogP contribution in [0.25, 0.3) is 0 Å². The molecule has 0 aliphatic heterocycles. The van der Waals surface area contributed by atoms with Crippen molar-refractivity contribution in [3.05, 3.63) is 0 Å². The van der Waals surface area contributed by atoms with E-state index >= 15 is 0 Å². The molecule has 138 valence electrons. The Morgan fingerprint density at radius 2 is 1.04 bits per heavy atom. The summed E-state index contributed by atoms with van der Waals surface area (Å²) in [5, 5.41) is 23.1. The Hall–Kier alpha value is 1.21. The Morgan fingerprint density at radius 1 is 0.875 bits per heavy atom. The van der Waals surface area contributed by atoms with Crippen molar-refractivity contribution in [1.29, 1.82) is 0 Å². The molecular formula is C10H31N2Na3O9. The van der Waals surface area contributed by atoms with Gasteiger partial charge in [-0.25, -0.2) is 0 Å². The number of ether oxygens (including phenoxy) is 1. The van der Waals surface area contributed by atoms with Crippen LogP contribution in [-0.2, 0) is 19.1 Å². The third-order valence-corrected chi connectivity index (χ3v) is 0.503. The van der Waals surface area contributed by atoms with E-state index in [1.54, 1.807) is 0 Å². The molecule has 0 aliphatic rings. The van der Waals surface area contributed by atoms with Crippen LogP contribution in [0.2, 0.25) is 0 Å². The Balaban J connectivity index is -0.0000000172. The van der Waals surface area contributed by atoms with Gasteiger partial charge in [0.05, 0.1) is 0 Å². The van der Waals surface area contributed by atoms with Crippen LogP contribution in [0.1, 0.15) is 27.7 Å². The van der Waals surface area contributed by atoms with Crippen LogP contribution in [0.3, 0.4) is 0 Å². The molecule has 0 aromatic carbocycles. The molecule has 0 bridgehead atoms. The minimum absolute atomic E-state index is 0. The zero-order valence-electron chi connectivity index (χ0n) is 12.6. The van der Waals surface area contributed by atoms with Gasteiger partial charge in [0.15, 0.2) is 6.29 Å². The van der Waals surface area contributed by atoms with E-state index in [0.29, 0.717) is 13.1 Å². The van der Waals surface area contributed by atoms with Gasteiger partial charge in [-0.1, -0.05) is 0 Å². The first-order valence-electron chi connectivity index (χ1n) is 5.15. The van der Waals surface area contributed by atoms with Crippen molar-refractivity contribution in [1.82, 2.24) is 0 Å². The summed E-state index contributed by atoms with van der Waals surface area (Å²) < 4.78 is 4.17. The standard InChI is InChI=1S/C4H8O3.C2H8N2.2C2H4O2.3Na.2H2O.3H/c1-3(5)7-4(2)6;3-1-2-4;2*1-2(3)4;;;;;;;;/h3,5H,1-2H3;1-4H2;2*1H3,(H,3,4);;;;2*1H2;;;. The summed E-state index contributed by atoms with van der Waals surface area (Å²) in [6.45, 7) is 5.98. The first-order valence-corrected chi connectivity index (χ1v) is 5.15. The van der Waals surface area contributed by atoms with Gasteiger partial charge >= 0.3 is 94.6 Å². The second kappa shape index (κ2) is 49.6. The molecule has 0 aliphatic carbocycles. The average Bonchev–Trinajstić information content (AvgIpc) is 2.14. The van der Waals surface area contributed by atoms with Crippen LogP contribution < -0.4 is 11.5 Å². The monoisotopic (exact) mass is 392 g/mol. The Kier molecular flexibility index (Phi) is 116. The number of aliphatic hydroxyl groups excluding tert-OH is 1. The molecule has 0 radical (unpaired) electrons. The zero-order chi connectivity index (χ0) is 16.4. The van der Waals surface area contributed by atoms with Crippen molar-refractivity contribution < 1.29 is 45.4 Å². The van der Waals surface area contributed by atoms with Crippen LogP contribution >= 0.6 is 0 Å². The van der Waals surface area contributed by atoms with E-state index < -0.39 is 24.2 Å². The molecule has 11 nitrogen and oxygen atoms in total. The van der Waals surface area contributed by atoms with Crippen molar-refractivity contribution >= 4 is 107 Å². The molecule has 24 heavy (non-hydrogen) atoms. The van der Waals surface area contributed by atoms with Crippen molar-refractivity contribution in [2.24, 2.45) is 11.5 Å². The normalized spacial score (nSPS) is 7.12. The number of esters is 1. The van der Waals surface area contributed by atoms with E-state index in [0.717, 1.165) is 13.8 Å². The SMILES string of the molecule is CC(=O)O.CC(=O)O.CC(=O)OC(C)O.NCCN.O.O.[NaH].[NaH].[NaH]. The number of hydrogen-bond donors (Lipinski definition) is 5. The minimum atomic E-state index is -0.975. The average molecular weight is 392 g/mol. The van der Waals surface area contributed by atoms with Crippen molar-refractivity contribution in [3.8, 4) is 0 Å². The molecule has 14 heteroatoms. The first-order chi connectivity index (χ1) is 8.50. The molecule has 0 amide bonds. The number of rotatable bonds is 2. The van der Waals surface area contributed by atoms with Crippen LogP contribution in [0, 0.1) is 0 Å². The maximum atomic E-state index is 9.87. The van der Waals surface area contributed by atoms with Crippen LogP contribution in [0.15, 0.2) is 0 Å². The molecule has 0 aromatic rings. The summed E-state index contributed by atoms with van der Waals surface area (Å²) >= 11 is 0. The van der Waals surface area contributed by atoms with Gasteiger partial charge in [0, 0.05) is 33.9 Å². The third kappa shape index (κ3) is 297. The summed E-state index contributed by atoms with van der Waals surface area (Å²) in [5.74, 6) is -2.13. The van der Waals surface area contributed by atoms with Gasteiger partial charge in [-0.2, -0.15) is 0 Å². The summed E-state index contributed by atoms with van der Waals surface area (Å²) in [5.41, 5.74) is 9.81. The fourth-order valence-electron chi connectivity index (χ4n) is 0.240. The Labute approximate surface area is 208 Å². The first kappa shape index (κ1) is 56.2. The van der Waals surface area contributed by atoms with E-state index in [4.69, 9.17) is 36.4 Å². The predicted octanol–water partition coefficient (Wildman–Crippen LogP) is -4.62. The fourth-order valence-corrected chi connectivity index (χ4v) is 0.240. The molecule has 1 atom stereocenters. The van der Waals surface area contributed by atoms with Gasteiger partial charge in [0.25, 0.3) is 11.9 Å². The summed E-state index contributed by atoms with van der Waals surface area (Å²) in [7, 11) is 0. The molecule has 0 spiro atoms. The van der Waals surface area contributed by atoms with Gasteiger partial charge in [0.1, 0.15) is 0 Å². The quantitative estimate of drug-likeness (QED) is 0.172. The summed E-state index contributed by atoms with van der Waals surface area (Å²) in [4.78, 5) is 27.9. The summed E-state index contributed by atoms with van der Waals surface area (Å²) in [6, 6.07) is 0. The van der Waals surface area contributed by atoms with Crippen LogP contribution in [0.5, 0.6) is 0 Å². The number of hydrogen-bond acceptors (Lipinski definition) is 7. The molecule has 0 aromatic heterocycles. The predicted molar refractivity (Wildman–Crippen MR) is 96.8 cm³/mol. The molecule has 0 heterocycles. The van der Waals surface area contributed by atoms with Crippen LogP contribution in [0.4, 0.5) is 0 Å². The second-order valence-corrected chi connectivity index (χ2v) is 2.82. The maximum absolute atomic E-state index is 9.87. The van der Waals surface area contributed by atoms with E-state index in [-0.39, 0.29) is 99.6 Å². The summed E-state index contributed by atoms with van der Waals surface area (Å²) in [6.07, 6.45) is -0.975. The van der Waals surface area contributed by atoms with E-state index in [1.165, 1.54) is 13.8 Å². The fraction of sp³-hybridized carbons (Fsp3) is 0.700. The topological polar surface area (TPSA) is 236 Å². The van der Waals surface area contributed by atoms with Gasteiger partial charge < -0.3 is 42.5 Å². The zero-order valence-corrected chi connectivity index (χ0v) is 12.6. The van der Waals surface area contributed by atoms with E-state index in [1.807, 2.05) is 0 Å². The third-order valence-electron chi connectivity index (χ3n) is 0.503. The molecule has 11 N–H and O–H groups in total. The number of aliphatic carboxylic acids is 2. The molecule has 0 saturated carbocycles. The number of aliphatic hydroxyl groups is 1. The Morgan fingerprint density at radius 3 is 1.04 bits per heavy atom. The van der Waals surface area contributed by atoms with Crippen LogP contribution in [-0.4, -0.2) is 152 Å². The number of carboxylic acid groups (broad SMARTS) is 2. The number of nitrogens with two attached hydrogens (primary N) is 2. The molecule has 0 rings (SSSR count). The van der Waals surface area contributed by atoms with Gasteiger partial charge in [0.2, 0.25) is 0 Å². The number of carboxylic acids is 2. The number of carbonyl (C=O) groups excluding carboxylic acids is 1. The van der Waals surface area contributed by atoms with Crippen molar-refractivity contribution in [3.63, 3.8) is 0 Å². The second-order valence-electron chi connectivity index (χ2n) is 2.82.